The van der Waals surface area contributed by atoms with Crippen LogP contribution in [0.2, 0.25) is 0 Å². The van der Waals surface area contributed by atoms with E-state index < -0.39 is 11.1 Å². The zero-order valence-corrected chi connectivity index (χ0v) is 15.2. The number of benzene rings is 2. The maximum atomic E-state index is 11.5. The lowest BCUT2D eigenvalue weighted by Gasteiger charge is -2.06. The molecule has 2 aromatic carbocycles. The monoisotopic (exact) mass is 393 g/mol. The van der Waals surface area contributed by atoms with E-state index in [1.165, 1.54) is 24.3 Å². The minimum atomic E-state index is -0.818. The third kappa shape index (κ3) is 3.79. The molecule has 146 valence electrons. The second-order valence-corrected chi connectivity index (χ2v) is 6.04. The first-order valence-corrected chi connectivity index (χ1v) is 8.72. The summed E-state index contributed by atoms with van der Waals surface area (Å²) in [7, 11) is 0. The van der Waals surface area contributed by atoms with Crippen molar-refractivity contribution in [2.45, 2.75) is 6.92 Å². The van der Waals surface area contributed by atoms with Crippen LogP contribution in [-0.2, 0) is 4.74 Å². The molecule has 29 heavy (non-hydrogen) atoms. The first kappa shape index (κ1) is 18.2. The van der Waals surface area contributed by atoms with Gasteiger partial charge in [0.05, 0.1) is 23.2 Å². The smallest absolute Gasteiger partial charge is 0.457 e. The number of nitro groups is 1. The molecule has 0 aliphatic rings. The quantitative estimate of drug-likeness (QED) is 0.289. The predicted octanol–water partition coefficient (Wildman–Crippen LogP) is 4.95. The average molecular weight is 393 g/mol. The SMILES string of the molecule is CCOC(=O)Oc1cc2c(cn1)[nH]c1ccc(Oc3ccc([N+](=O)[O-])cc3)cc12. The van der Waals surface area contributed by atoms with Crippen molar-refractivity contribution in [2.75, 3.05) is 6.61 Å². The highest BCUT2D eigenvalue weighted by Crippen LogP contribution is 2.32. The number of nitrogens with zero attached hydrogens (tertiary/aromatic N) is 2. The van der Waals surface area contributed by atoms with Crippen molar-refractivity contribution in [3.63, 3.8) is 0 Å². The summed E-state index contributed by atoms with van der Waals surface area (Å²) in [6.45, 7) is 1.89. The lowest BCUT2D eigenvalue weighted by molar-refractivity contribution is -0.384. The number of pyridine rings is 1. The molecule has 0 spiro atoms. The number of fused-ring (bicyclic) bond motifs is 3. The number of ether oxygens (including phenoxy) is 3. The highest BCUT2D eigenvalue weighted by atomic mass is 16.7. The number of rotatable bonds is 5. The summed E-state index contributed by atoms with van der Waals surface area (Å²) in [6.07, 6.45) is 0.752. The van der Waals surface area contributed by atoms with Crippen molar-refractivity contribution in [1.82, 2.24) is 9.97 Å². The Kier molecular flexibility index (Phi) is 4.70. The number of H-pyrrole nitrogens is 1. The normalized spacial score (nSPS) is 10.8. The van der Waals surface area contributed by atoms with Gasteiger partial charge in [0.2, 0.25) is 5.88 Å². The molecule has 0 amide bonds. The molecular formula is C20H15N3O6. The van der Waals surface area contributed by atoms with Crippen LogP contribution in [-0.4, -0.2) is 27.7 Å². The fourth-order valence-electron chi connectivity index (χ4n) is 2.88. The number of aromatic nitrogens is 2. The van der Waals surface area contributed by atoms with Crippen LogP contribution in [0.1, 0.15) is 6.92 Å². The van der Waals surface area contributed by atoms with E-state index in [0.29, 0.717) is 11.5 Å². The van der Waals surface area contributed by atoms with E-state index in [4.69, 9.17) is 14.2 Å². The molecule has 0 fully saturated rings. The van der Waals surface area contributed by atoms with Gasteiger partial charge in [-0.1, -0.05) is 0 Å². The van der Waals surface area contributed by atoms with Crippen molar-refractivity contribution in [3.8, 4) is 17.4 Å². The Morgan fingerprint density at radius 2 is 1.79 bits per heavy atom. The lowest BCUT2D eigenvalue weighted by atomic mass is 10.2. The summed E-state index contributed by atoms with van der Waals surface area (Å²) in [6, 6.07) is 12.9. The van der Waals surface area contributed by atoms with Gasteiger partial charge in [0, 0.05) is 34.5 Å². The second kappa shape index (κ2) is 7.47. The van der Waals surface area contributed by atoms with Gasteiger partial charge in [0.15, 0.2) is 0 Å². The van der Waals surface area contributed by atoms with E-state index >= 15 is 0 Å². The highest BCUT2D eigenvalue weighted by Gasteiger charge is 2.12. The van der Waals surface area contributed by atoms with Gasteiger partial charge in [0.25, 0.3) is 5.69 Å². The molecule has 0 bridgehead atoms. The summed E-state index contributed by atoms with van der Waals surface area (Å²) in [5.41, 5.74) is 1.61. The molecule has 0 unspecified atom stereocenters. The molecule has 4 aromatic rings. The Morgan fingerprint density at radius 3 is 2.52 bits per heavy atom. The molecule has 0 aliphatic carbocycles. The Balaban J connectivity index is 1.65. The van der Waals surface area contributed by atoms with Crippen LogP contribution in [0.5, 0.6) is 17.4 Å². The predicted molar refractivity (Wildman–Crippen MR) is 104 cm³/mol. The van der Waals surface area contributed by atoms with Crippen LogP contribution >= 0.6 is 0 Å². The topological polar surface area (TPSA) is 117 Å². The van der Waals surface area contributed by atoms with E-state index in [0.717, 1.165) is 21.8 Å². The van der Waals surface area contributed by atoms with Crippen LogP contribution in [0.15, 0.2) is 54.7 Å². The molecule has 0 radical (unpaired) electrons. The molecule has 0 saturated heterocycles. The number of carbonyl (C=O) groups is 1. The number of non-ortho nitro benzene ring substituents is 1. The van der Waals surface area contributed by atoms with Gasteiger partial charge >= 0.3 is 6.16 Å². The molecular weight excluding hydrogens is 378 g/mol. The molecule has 0 aliphatic heterocycles. The molecule has 9 nitrogen and oxygen atoms in total. The minimum Gasteiger partial charge on any atom is -0.457 e. The van der Waals surface area contributed by atoms with E-state index in [9.17, 15) is 14.9 Å². The average Bonchev–Trinajstić information content (AvgIpc) is 3.06. The summed E-state index contributed by atoms with van der Waals surface area (Å²) in [4.78, 5) is 29.1. The maximum absolute atomic E-state index is 11.5. The fraction of sp³-hybridized carbons (Fsp3) is 0.100. The first-order valence-electron chi connectivity index (χ1n) is 8.72. The molecule has 2 heterocycles. The Morgan fingerprint density at radius 1 is 1.07 bits per heavy atom. The Hall–Kier alpha value is -4.14. The second-order valence-electron chi connectivity index (χ2n) is 6.04. The highest BCUT2D eigenvalue weighted by molar-refractivity contribution is 6.07. The zero-order valence-electron chi connectivity index (χ0n) is 15.2. The number of hydrogen-bond donors (Lipinski definition) is 1. The van der Waals surface area contributed by atoms with E-state index in [-0.39, 0.29) is 18.2 Å². The largest absolute Gasteiger partial charge is 0.515 e. The molecule has 4 rings (SSSR count). The van der Waals surface area contributed by atoms with Gasteiger partial charge in [-0.15, -0.1) is 0 Å². The molecule has 0 saturated carbocycles. The van der Waals surface area contributed by atoms with Crippen LogP contribution in [0.25, 0.3) is 21.8 Å². The molecule has 9 heteroatoms. The van der Waals surface area contributed by atoms with E-state index in [1.807, 2.05) is 12.1 Å². The number of carbonyl (C=O) groups excluding carboxylic acids is 1. The standard InChI is InChI=1S/C20H15N3O6/c1-2-27-20(24)29-19-10-16-15-9-14(7-8-17(15)22-18(16)11-21-19)28-13-5-3-12(4-6-13)23(25)26/h3-11,22H,2H2,1H3. The molecule has 2 aromatic heterocycles. The van der Waals surface area contributed by atoms with Crippen molar-refractivity contribution in [1.29, 1.82) is 0 Å². The van der Waals surface area contributed by atoms with Crippen molar-refractivity contribution in [3.05, 3.63) is 64.8 Å². The number of nitro benzene ring substituents is 1. The fourth-order valence-corrected chi connectivity index (χ4v) is 2.88. The maximum Gasteiger partial charge on any atom is 0.515 e. The lowest BCUT2D eigenvalue weighted by Crippen LogP contribution is -2.10. The van der Waals surface area contributed by atoms with Crippen LogP contribution in [0.3, 0.4) is 0 Å². The van der Waals surface area contributed by atoms with Gasteiger partial charge in [-0.3, -0.25) is 10.1 Å². The van der Waals surface area contributed by atoms with Crippen LogP contribution in [0.4, 0.5) is 10.5 Å². The third-order valence-corrected chi connectivity index (χ3v) is 4.16. The number of hydrogen-bond acceptors (Lipinski definition) is 7. The molecule has 1 N–H and O–H groups in total. The van der Waals surface area contributed by atoms with Crippen molar-refractivity contribution in [2.24, 2.45) is 0 Å². The van der Waals surface area contributed by atoms with E-state index in [1.54, 1.807) is 25.3 Å². The summed E-state index contributed by atoms with van der Waals surface area (Å²) in [5.74, 6) is 1.15. The van der Waals surface area contributed by atoms with Gasteiger partial charge in [0.1, 0.15) is 11.5 Å². The van der Waals surface area contributed by atoms with Crippen LogP contribution in [0, 0.1) is 10.1 Å². The zero-order chi connectivity index (χ0) is 20.4. The minimum absolute atomic E-state index is 0.00828. The summed E-state index contributed by atoms with van der Waals surface area (Å²) in [5, 5.41) is 12.4. The van der Waals surface area contributed by atoms with Gasteiger partial charge < -0.3 is 19.2 Å². The van der Waals surface area contributed by atoms with Crippen molar-refractivity contribution < 1.29 is 23.9 Å². The summed E-state index contributed by atoms with van der Waals surface area (Å²) < 4.78 is 15.6. The Labute approximate surface area is 164 Å². The number of aromatic amines is 1. The van der Waals surface area contributed by atoms with Crippen LogP contribution < -0.4 is 9.47 Å². The molecule has 0 atom stereocenters. The first-order chi connectivity index (χ1) is 14.0. The third-order valence-electron chi connectivity index (χ3n) is 4.16. The summed E-state index contributed by atoms with van der Waals surface area (Å²) >= 11 is 0. The van der Waals surface area contributed by atoms with Gasteiger partial charge in [-0.2, -0.15) is 0 Å². The van der Waals surface area contributed by atoms with Gasteiger partial charge in [-0.25, -0.2) is 9.78 Å². The van der Waals surface area contributed by atoms with Gasteiger partial charge in [-0.05, 0) is 37.3 Å². The number of nitrogens with one attached hydrogen (secondary N) is 1. The van der Waals surface area contributed by atoms with E-state index in [2.05, 4.69) is 9.97 Å². The van der Waals surface area contributed by atoms with Crippen molar-refractivity contribution >= 4 is 33.6 Å². The Bertz CT molecular complexity index is 1220.